The molecule has 0 aliphatic carbocycles. The summed E-state index contributed by atoms with van der Waals surface area (Å²) in [5.41, 5.74) is 7.42. The fourth-order valence-corrected chi connectivity index (χ4v) is 13.7. The quantitative estimate of drug-likeness (QED) is 0.0695. The molecule has 4 aliphatic rings. The summed E-state index contributed by atoms with van der Waals surface area (Å²) in [4.78, 5) is 56.0. The smallest absolute Gasteiger partial charge is 0.310 e. The monoisotopic (exact) mass is 972 g/mol. The molecular weight excluding hydrogens is 905 g/mol. The summed E-state index contributed by atoms with van der Waals surface area (Å²) in [6, 6.07) is 26.8. The van der Waals surface area contributed by atoms with Crippen molar-refractivity contribution >= 4 is 45.3 Å². The molecule has 2 saturated heterocycles. The number of hydrogen-bond acceptors (Lipinski definition) is 12. The van der Waals surface area contributed by atoms with Crippen LogP contribution in [0.1, 0.15) is 104 Å². The number of ether oxygens (including phenoxy) is 2. The Morgan fingerprint density at radius 1 is 0.559 bits per heavy atom. The second-order valence-corrected chi connectivity index (χ2v) is 22.5. The minimum Gasteiger partial charge on any atom is -0.469 e. The van der Waals surface area contributed by atoms with Crippen molar-refractivity contribution in [2.24, 2.45) is 11.8 Å². The second kappa shape index (κ2) is 21.9. The summed E-state index contributed by atoms with van der Waals surface area (Å²) in [6.07, 6.45) is 4.63. The maximum atomic E-state index is 12.8. The summed E-state index contributed by atoms with van der Waals surface area (Å²) >= 11 is 0. The van der Waals surface area contributed by atoms with E-state index < -0.39 is 21.6 Å². The van der Waals surface area contributed by atoms with Crippen LogP contribution in [0.15, 0.2) is 94.7 Å². The number of unbranched alkanes of at least 4 members (excludes halogenated alkanes) is 2. The van der Waals surface area contributed by atoms with E-state index in [1.165, 1.54) is 45.1 Å². The van der Waals surface area contributed by atoms with Crippen LogP contribution in [0.4, 0.5) is 0 Å². The zero-order chi connectivity index (χ0) is 48.9. The Bertz CT molecular complexity index is 2310. The van der Waals surface area contributed by atoms with Gasteiger partial charge in [-0.1, -0.05) is 93.3 Å². The van der Waals surface area contributed by atoms with Gasteiger partial charge in [0, 0.05) is 26.2 Å². The Balaban J connectivity index is 0.000000201. The highest BCUT2D eigenvalue weighted by atomic mass is 32.3. The first-order valence-corrected chi connectivity index (χ1v) is 26.6. The average Bonchev–Trinajstić information content (AvgIpc) is 3.63. The number of methoxy groups -OCH3 is 2. The van der Waals surface area contributed by atoms with Crippen LogP contribution >= 0.6 is 21.6 Å². The van der Waals surface area contributed by atoms with Gasteiger partial charge in [-0.3, -0.25) is 37.4 Å². The van der Waals surface area contributed by atoms with E-state index in [2.05, 4.69) is 47.9 Å². The molecule has 8 rings (SSSR count). The lowest BCUT2D eigenvalue weighted by molar-refractivity contribution is -0.149. The molecule has 2 unspecified atom stereocenters. The topological polar surface area (TPSA) is 181 Å². The van der Waals surface area contributed by atoms with Gasteiger partial charge in [0.2, 0.25) is 0 Å². The number of likely N-dealkylation sites (tertiary alicyclic amines) is 2. The van der Waals surface area contributed by atoms with E-state index in [4.69, 9.17) is 9.47 Å². The van der Waals surface area contributed by atoms with Crippen molar-refractivity contribution in [2.75, 3.05) is 66.6 Å². The van der Waals surface area contributed by atoms with E-state index >= 15 is 0 Å². The van der Waals surface area contributed by atoms with Crippen molar-refractivity contribution < 1.29 is 46.9 Å². The maximum absolute atomic E-state index is 12.8. The van der Waals surface area contributed by atoms with Crippen LogP contribution in [-0.4, -0.2) is 127 Å². The standard InChI is InChI=1S/2C26H34N2O5S/c2*1-18-10-11-24-22(16-18)25(29)28(34(24,31)32)14-7-6-13-27-15-12-21(23(17-27)26(30)33-3)20-9-5-4-8-19(20)2/h2*4-5,8-11,16,21,23,31-32H,6-7,12-15,17H2,1-3H3/t2*21-,23?/m10/s1. The van der Waals surface area contributed by atoms with Crippen LogP contribution in [0.3, 0.4) is 0 Å². The third-order valence-electron chi connectivity index (χ3n) is 14.1. The number of carbonyl (C=O) groups is 4. The second-order valence-electron chi connectivity index (χ2n) is 18.6. The minimum absolute atomic E-state index is 0.141. The fraction of sp³-hybridized carbons (Fsp3) is 0.462. The van der Waals surface area contributed by atoms with Gasteiger partial charge in [0.05, 0.1) is 47.0 Å². The molecule has 0 aromatic heterocycles. The Hall–Kier alpha value is -4.78. The van der Waals surface area contributed by atoms with Crippen LogP contribution in [0.2, 0.25) is 0 Å². The number of aryl methyl sites for hydroxylation is 4. The molecule has 0 saturated carbocycles. The lowest BCUT2D eigenvalue weighted by Crippen LogP contribution is -2.44. The van der Waals surface area contributed by atoms with Gasteiger partial charge in [0.25, 0.3) is 11.8 Å². The highest BCUT2D eigenvalue weighted by Gasteiger charge is 2.43. The molecule has 16 heteroatoms. The van der Waals surface area contributed by atoms with E-state index in [9.17, 15) is 37.4 Å². The summed E-state index contributed by atoms with van der Waals surface area (Å²) < 4.78 is 55.4. The molecule has 368 valence electrons. The number of fused-ring (bicyclic) bond motifs is 2. The predicted octanol–water partition coefficient (Wildman–Crippen LogP) is 9.69. The lowest BCUT2D eigenvalue weighted by atomic mass is 9.79. The van der Waals surface area contributed by atoms with Crippen LogP contribution < -0.4 is 0 Å². The van der Waals surface area contributed by atoms with Gasteiger partial charge in [-0.05, 0) is 151 Å². The van der Waals surface area contributed by atoms with Gasteiger partial charge in [-0.15, -0.1) is 0 Å². The number of nitrogens with zero attached hydrogens (tertiary/aromatic N) is 4. The third-order valence-corrected chi connectivity index (χ3v) is 18.0. The molecule has 4 aliphatic heterocycles. The van der Waals surface area contributed by atoms with E-state index in [0.717, 1.165) is 63.0 Å². The third kappa shape index (κ3) is 10.8. The van der Waals surface area contributed by atoms with Gasteiger partial charge in [0.1, 0.15) is 0 Å². The molecule has 14 nitrogen and oxygen atoms in total. The van der Waals surface area contributed by atoms with E-state index in [0.29, 0.717) is 46.8 Å². The molecule has 4 heterocycles. The highest BCUT2D eigenvalue weighted by Crippen LogP contribution is 2.59. The Morgan fingerprint density at radius 3 is 1.29 bits per heavy atom. The van der Waals surface area contributed by atoms with Crippen LogP contribution in [0.25, 0.3) is 0 Å². The summed E-state index contributed by atoms with van der Waals surface area (Å²) in [6.45, 7) is 13.1. The molecular formula is C52H68N4O10S2. The van der Waals surface area contributed by atoms with Gasteiger partial charge < -0.3 is 19.3 Å². The van der Waals surface area contributed by atoms with Crippen molar-refractivity contribution in [2.45, 2.75) is 87.8 Å². The number of esters is 2. The summed E-state index contributed by atoms with van der Waals surface area (Å²) in [5, 5.41) is 0. The van der Waals surface area contributed by atoms with Crippen molar-refractivity contribution in [3.8, 4) is 0 Å². The number of rotatable bonds is 14. The lowest BCUT2D eigenvalue weighted by Gasteiger charge is -2.38. The normalized spacial score (nSPS) is 23.0. The molecule has 2 amide bonds. The van der Waals surface area contributed by atoms with E-state index in [-0.39, 0.29) is 60.5 Å². The molecule has 0 spiro atoms. The zero-order valence-corrected chi connectivity index (χ0v) is 41.8. The summed E-state index contributed by atoms with van der Waals surface area (Å²) in [7, 11) is -3.66. The van der Waals surface area contributed by atoms with Gasteiger partial charge >= 0.3 is 11.9 Å². The molecule has 68 heavy (non-hydrogen) atoms. The van der Waals surface area contributed by atoms with Gasteiger partial charge in [-0.2, -0.15) is 0 Å². The Morgan fingerprint density at radius 2 is 0.926 bits per heavy atom. The first-order valence-electron chi connectivity index (χ1n) is 23.6. The molecule has 4 aromatic rings. The molecule has 0 bridgehead atoms. The van der Waals surface area contributed by atoms with Crippen molar-refractivity contribution in [3.05, 3.63) is 129 Å². The number of hydrogen-bond donors (Lipinski definition) is 4. The molecule has 4 N–H and O–H groups in total. The SMILES string of the molecule is COC(=O)C1CN(CCCCN2C(=O)c3cc(C)ccc3S2(O)O)CC[C@@H]1c1ccccc1C.COC(=O)C1CN(CCCCN2C(=O)c3cc(C)ccc3S2(O)O)CC[C@H]1c1ccccc1C. The van der Waals surface area contributed by atoms with Crippen molar-refractivity contribution in [3.63, 3.8) is 0 Å². The number of piperidine rings is 2. The zero-order valence-electron chi connectivity index (χ0n) is 40.1. The number of amides is 2. The van der Waals surface area contributed by atoms with Crippen LogP contribution in [0, 0.1) is 39.5 Å². The molecule has 0 radical (unpaired) electrons. The van der Waals surface area contributed by atoms with E-state index in [1.807, 2.05) is 38.1 Å². The van der Waals surface area contributed by atoms with Crippen LogP contribution in [-0.2, 0) is 19.1 Å². The minimum atomic E-state index is -3.27. The Kier molecular flexibility index (Phi) is 16.4. The highest BCUT2D eigenvalue weighted by molar-refractivity contribution is 8.23. The average molecular weight is 973 g/mol. The van der Waals surface area contributed by atoms with Gasteiger partial charge in [-0.25, -0.2) is 8.61 Å². The fourth-order valence-electron chi connectivity index (χ4n) is 10.5. The van der Waals surface area contributed by atoms with Gasteiger partial charge in [0.15, 0.2) is 0 Å². The molecule has 2 fully saturated rings. The first kappa shape index (κ1) is 51.1. The van der Waals surface area contributed by atoms with Crippen molar-refractivity contribution in [1.82, 2.24) is 18.4 Å². The maximum Gasteiger partial charge on any atom is 0.310 e. The van der Waals surface area contributed by atoms with Crippen molar-refractivity contribution in [1.29, 1.82) is 0 Å². The first-order chi connectivity index (χ1) is 32.5. The largest absolute Gasteiger partial charge is 0.469 e. The van der Waals surface area contributed by atoms with Crippen LogP contribution in [0.5, 0.6) is 0 Å². The molecule has 4 aromatic carbocycles. The Labute approximate surface area is 404 Å². The summed E-state index contributed by atoms with van der Waals surface area (Å²) in [5.74, 6) is -1.14. The number of carbonyl (C=O) groups excluding carboxylic acids is 4. The molecule has 4 atom stereocenters. The number of benzene rings is 4. The van der Waals surface area contributed by atoms with E-state index in [1.54, 1.807) is 36.4 Å². The predicted molar refractivity (Wildman–Crippen MR) is 266 cm³/mol.